The first kappa shape index (κ1) is 18.7. The van der Waals surface area contributed by atoms with Crippen LogP contribution >= 0.6 is 24.8 Å². The number of rotatable bonds is 3. The predicted molar refractivity (Wildman–Crippen MR) is 72.6 cm³/mol. The Labute approximate surface area is 129 Å². The van der Waals surface area contributed by atoms with E-state index >= 15 is 0 Å². The van der Waals surface area contributed by atoms with E-state index in [-0.39, 0.29) is 51.0 Å². The summed E-state index contributed by atoms with van der Waals surface area (Å²) in [6, 6.07) is 13.1. The Morgan fingerprint density at radius 1 is 1.06 bits per heavy atom. The molecule has 0 bridgehead atoms. The zero-order valence-corrected chi connectivity index (χ0v) is 13.5. The summed E-state index contributed by atoms with van der Waals surface area (Å²) in [7, 11) is 0. The molecule has 0 aromatic heterocycles. The first-order valence-corrected chi connectivity index (χ1v) is 5.05. The van der Waals surface area contributed by atoms with E-state index in [1.165, 1.54) is 35.6 Å². The SMILES string of the molecule is CCCC[c-]1ccc2ccccc21.Cl.Cl.[Zr]. The maximum Gasteiger partial charge on any atom is 0 e. The van der Waals surface area contributed by atoms with Crippen LogP contribution in [-0.2, 0) is 32.6 Å². The number of hydrogen-bond acceptors (Lipinski definition) is 0. The third-order valence-electron chi connectivity index (χ3n) is 2.57. The fourth-order valence-corrected chi connectivity index (χ4v) is 1.80. The Bertz CT molecular complexity index is 395. The van der Waals surface area contributed by atoms with Crippen LogP contribution in [0, 0.1) is 0 Å². The predicted octanol–water partition coefficient (Wildman–Crippen LogP) is 4.74. The van der Waals surface area contributed by atoms with Gasteiger partial charge in [-0.25, -0.2) is 0 Å². The second kappa shape index (κ2) is 9.34. The van der Waals surface area contributed by atoms with E-state index < -0.39 is 0 Å². The minimum absolute atomic E-state index is 0. The van der Waals surface area contributed by atoms with Gasteiger partial charge in [0, 0.05) is 26.2 Å². The van der Waals surface area contributed by atoms with Crippen LogP contribution in [0.2, 0.25) is 0 Å². The largest absolute Gasteiger partial charge is 0.168 e. The summed E-state index contributed by atoms with van der Waals surface area (Å²) in [6.45, 7) is 2.24. The molecular weight excluding hydrogens is 318 g/mol. The van der Waals surface area contributed by atoms with Gasteiger partial charge in [-0.05, 0) is 0 Å². The Morgan fingerprint density at radius 2 is 1.75 bits per heavy atom. The minimum atomic E-state index is 0. The third kappa shape index (κ3) is 4.28. The van der Waals surface area contributed by atoms with Crippen molar-refractivity contribution in [2.24, 2.45) is 0 Å². The van der Waals surface area contributed by atoms with Gasteiger partial charge in [0.2, 0.25) is 0 Å². The molecular formula is C13H17Cl2Zr-. The van der Waals surface area contributed by atoms with Crippen LogP contribution in [0.15, 0.2) is 36.4 Å². The molecule has 0 unspecified atom stereocenters. The van der Waals surface area contributed by atoms with Crippen LogP contribution in [0.25, 0.3) is 10.8 Å². The topological polar surface area (TPSA) is 0 Å². The zero-order chi connectivity index (χ0) is 9.10. The number of hydrogen-bond donors (Lipinski definition) is 0. The summed E-state index contributed by atoms with van der Waals surface area (Å²) in [5.41, 5.74) is 1.51. The second-order valence-corrected chi connectivity index (χ2v) is 3.55. The van der Waals surface area contributed by atoms with Crippen LogP contribution in [0.5, 0.6) is 0 Å². The number of halogens is 2. The molecule has 88 valence electrons. The average Bonchev–Trinajstić information content (AvgIpc) is 2.58. The molecule has 0 spiro atoms. The molecule has 0 saturated heterocycles. The van der Waals surface area contributed by atoms with Gasteiger partial charge in [0.15, 0.2) is 0 Å². The van der Waals surface area contributed by atoms with E-state index in [1.54, 1.807) is 0 Å². The summed E-state index contributed by atoms with van der Waals surface area (Å²) in [4.78, 5) is 0. The Kier molecular flexibility index (Phi) is 10.9. The number of benzene rings is 1. The van der Waals surface area contributed by atoms with Gasteiger partial charge in [0.25, 0.3) is 0 Å². The van der Waals surface area contributed by atoms with Crippen LogP contribution in [0.1, 0.15) is 25.3 Å². The van der Waals surface area contributed by atoms with Crippen molar-refractivity contribution in [1.82, 2.24) is 0 Å². The summed E-state index contributed by atoms with van der Waals surface area (Å²) in [6.07, 6.45) is 3.80. The number of aryl methyl sites for hydroxylation is 1. The molecule has 0 amide bonds. The molecule has 0 aliphatic heterocycles. The molecule has 0 saturated carbocycles. The molecule has 0 nitrogen and oxygen atoms in total. The fraction of sp³-hybridized carbons (Fsp3) is 0.308. The van der Waals surface area contributed by atoms with Gasteiger partial charge < -0.3 is 0 Å². The molecule has 16 heavy (non-hydrogen) atoms. The fourth-order valence-electron chi connectivity index (χ4n) is 1.80. The van der Waals surface area contributed by atoms with Gasteiger partial charge in [0.1, 0.15) is 0 Å². The van der Waals surface area contributed by atoms with Gasteiger partial charge >= 0.3 is 0 Å². The molecule has 0 radical (unpaired) electrons. The molecule has 0 N–H and O–H groups in total. The van der Waals surface area contributed by atoms with E-state index in [0.717, 1.165) is 0 Å². The minimum Gasteiger partial charge on any atom is -0.168 e. The van der Waals surface area contributed by atoms with Gasteiger partial charge in [-0.1, -0.05) is 32.3 Å². The van der Waals surface area contributed by atoms with Crippen LogP contribution in [0.3, 0.4) is 0 Å². The third-order valence-corrected chi connectivity index (χ3v) is 2.57. The summed E-state index contributed by atoms with van der Waals surface area (Å²) in [5, 5.41) is 2.82. The first-order valence-electron chi connectivity index (χ1n) is 5.05. The smallest absolute Gasteiger partial charge is 0 e. The Morgan fingerprint density at radius 3 is 2.44 bits per heavy atom. The quantitative estimate of drug-likeness (QED) is 0.711. The summed E-state index contributed by atoms with van der Waals surface area (Å²) < 4.78 is 0. The van der Waals surface area contributed by atoms with Crippen molar-refractivity contribution in [3.8, 4) is 0 Å². The summed E-state index contributed by atoms with van der Waals surface area (Å²) >= 11 is 0. The number of fused-ring (bicyclic) bond motifs is 1. The van der Waals surface area contributed by atoms with Gasteiger partial charge in [0.05, 0.1) is 0 Å². The maximum absolute atomic E-state index is 2.26. The van der Waals surface area contributed by atoms with Crippen LogP contribution in [-0.4, -0.2) is 0 Å². The molecule has 0 aliphatic rings. The molecule has 0 atom stereocenters. The second-order valence-electron chi connectivity index (χ2n) is 3.55. The van der Waals surface area contributed by atoms with E-state index in [1.807, 2.05) is 0 Å². The van der Waals surface area contributed by atoms with Crippen LogP contribution in [0.4, 0.5) is 0 Å². The standard InChI is InChI=1S/C13H15.2ClH.Zr/c1-2-3-6-11-9-10-12-7-4-5-8-13(11)12;;;/h4-5,7-10H,2-3,6H2,1H3;2*1H;/q-1;;;. The molecule has 3 heteroatoms. The van der Waals surface area contributed by atoms with Crippen molar-refractivity contribution in [2.45, 2.75) is 26.2 Å². The van der Waals surface area contributed by atoms with Gasteiger partial charge in [-0.15, -0.1) is 65.4 Å². The zero-order valence-electron chi connectivity index (χ0n) is 9.40. The molecule has 2 aromatic rings. The maximum atomic E-state index is 2.26. The van der Waals surface area contributed by atoms with E-state index in [4.69, 9.17) is 0 Å². The van der Waals surface area contributed by atoms with Crippen molar-refractivity contribution in [2.75, 3.05) is 0 Å². The summed E-state index contributed by atoms with van der Waals surface area (Å²) in [5.74, 6) is 0. The molecule has 2 rings (SSSR count). The Hall–Kier alpha value is 0.293. The molecule has 2 aromatic carbocycles. The molecule has 0 fully saturated rings. The van der Waals surface area contributed by atoms with Crippen LogP contribution < -0.4 is 0 Å². The van der Waals surface area contributed by atoms with E-state index in [2.05, 4.69) is 43.3 Å². The van der Waals surface area contributed by atoms with Crippen molar-refractivity contribution in [1.29, 1.82) is 0 Å². The normalized spacial score (nSPS) is 8.81. The molecule has 0 aliphatic carbocycles. The van der Waals surface area contributed by atoms with E-state index in [0.29, 0.717) is 0 Å². The first-order chi connectivity index (χ1) is 6.42. The van der Waals surface area contributed by atoms with Crippen molar-refractivity contribution in [3.05, 3.63) is 42.0 Å². The van der Waals surface area contributed by atoms with E-state index in [9.17, 15) is 0 Å². The number of unbranched alkanes of at least 4 members (excludes halogenated alkanes) is 1. The Balaban J connectivity index is 0. The van der Waals surface area contributed by atoms with Crippen molar-refractivity contribution < 1.29 is 26.2 Å². The average molecular weight is 335 g/mol. The van der Waals surface area contributed by atoms with Gasteiger partial charge in [-0.3, -0.25) is 0 Å². The van der Waals surface area contributed by atoms with Gasteiger partial charge in [-0.2, -0.15) is 6.07 Å². The molecule has 0 heterocycles. The monoisotopic (exact) mass is 333 g/mol. The van der Waals surface area contributed by atoms with Crippen molar-refractivity contribution >= 4 is 35.6 Å². The van der Waals surface area contributed by atoms with Crippen molar-refractivity contribution in [3.63, 3.8) is 0 Å².